The summed E-state index contributed by atoms with van der Waals surface area (Å²) in [5, 5.41) is 3.36. The summed E-state index contributed by atoms with van der Waals surface area (Å²) in [6.07, 6.45) is 0.728. The molecule has 0 aliphatic carbocycles. The van der Waals surface area contributed by atoms with Gasteiger partial charge in [-0.05, 0) is 61.3 Å². The number of hydrogen-bond acceptors (Lipinski definition) is 5. The molecule has 1 amide bonds. The standard InChI is InChI=1S/C21H27N3O4S/c1-14-6-5-7-15(2)20(14)28-13-19(25)23-24-21(29)22-11-10-16-8-9-17(26-3)18(12-16)27-4/h5-9,12H,10-11,13H2,1-4H3,(H,23,25)(H2,22,24,29). The van der Waals surface area contributed by atoms with E-state index in [0.717, 1.165) is 28.9 Å². The van der Waals surface area contributed by atoms with E-state index in [1.807, 2.05) is 50.2 Å². The number of nitrogens with one attached hydrogen (secondary N) is 3. The molecule has 2 rings (SSSR count). The van der Waals surface area contributed by atoms with Crippen molar-refractivity contribution in [3.05, 3.63) is 53.1 Å². The summed E-state index contributed by atoms with van der Waals surface area (Å²) in [5.41, 5.74) is 8.23. The molecule has 0 bridgehead atoms. The van der Waals surface area contributed by atoms with Gasteiger partial charge in [0.15, 0.2) is 23.2 Å². The molecule has 0 unspecified atom stereocenters. The zero-order chi connectivity index (χ0) is 21.2. The molecule has 0 radical (unpaired) electrons. The summed E-state index contributed by atoms with van der Waals surface area (Å²) in [7, 11) is 3.20. The summed E-state index contributed by atoms with van der Waals surface area (Å²) < 4.78 is 16.1. The highest BCUT2D eigenvalue weighted by molar-refractivity contribution is 7.80. The molecule has 0 fully saturated rings. The summed E-state index contributed by atoms with van der Waals surface area (Å²) in [4.78, 5) is 12.0. The Kier molecular flexibility index (Phi) is 8.54. The fourth-order valence-electron chi connectivity index (χ4n) is 2.73. The lowest BCUT2D eigenvalue weighted by Gasteiger charge is -2.14. The quantitative estimate of drug-likeness (QED) is 0.450. The molecule has 0 spiro atoms. The number of benzene rings is 2. The number of carbonyl (C=O) groups is 1. The molecule has 0 saturated heterocycles. The Balaban J connectivity index is 1.70. The van der Waals surface area contributed by atoms with Crippen LogP contribution in [-0.2, 0) is 11.2 Å². The summed E-state index contributed by atoms with van der Waals surface area (Å²) in [6.45, 7) is 4.37. The molecular weight excluding hydrogens is 390 g/mol. The van der Waals surface area contributed by atoms with Crippen molar-refractivity contribution in [3.8, 4) is 17.2 Å². The molecule has 29 heavy (non-hydrogen) atoms. The van der Waals surface area contributed by atoms with Gasteiger partial charge in [-0.2, -0.15) is 0 Å². The van der Waals surface area contributed by atoms with E-state index in [2.05, 4.69) is 16.2 Å². The minimum absolute atomic E-state index is 0.104. The molecule has 0 aliphatic heterocycles. The third kappa shape index (κ3) is 6.83. The van der Waals surface area contributed by atoms with Crippen molar-refractivity contribution < 1.29 is 19.0 Å². The van der Waals surface area contributed by atoms with Crippen LogP contribution in [0.5, 0.6) is 17.2 Å². The molecule has 0 atom stereocenters. The van der Waals surface area contributed by atoms with Gasteiger partial charge in [-0.1, -0.05) is 24.3 Å². The van der Waals surface area contributed by atoms with E-state index in [-0.39, 0.29) is 12.5 Å². The van der Waals surface area contributed by atoms with E-state index in [0.29, 0.717) is 23.2 Å². The lowest BCUT2D eigenvalue weighted by atomic mass is 10.1. The molecule has 2 aromatic rings. The van der Waals surface area contributed by atoms with Gasteiger partial charge >= 0.3 is 0 Å². The topological polar surface area (TPSA) is 80.9 Å². The number of para-hydroxylation sites is 1. The van der Waals surface area contributed by atoms with E-state index < -0.39 is 0 Å². The highest BCUT2D eigenvalue weighted by Gasteiger charge is 2.08. The second-order valence-electron chi connectivity index (χ2n) is 6.38. The molecule has 0 aromatic heterocycles. The molecule has 0 saturated carbocycles. The fourth-order valence-corrected chi connectivity index (χ4v) is 2.88. The van der Waals surface area contributed by atoms with E-state index >= 15 is 0 Å². The molecule has 0 aliphatic rings. The van der Waals surface area contributed by atoms with Crippen LogP contribution >= 0.6 is 12.2 Å². The number of aryl methyl sites for hydroxylation is 2. The lowest BCUT2D eigenvalue weighted by molar-refractivity contribution is -0.123. The monoisotopic (exact) mass is 417 g/mol. The average molecular weight is 418 g/mol. The first kappa shape index (κ1) is 22.3. The number of methoxy groups -OCH3 is 2. The molecule has 0 heterocycles. The number of carbonyl (C=O) groups excluding carboxylic acids is 1. The first-order valence-electron chi connectivity index (χ1n) is 9.17. The first-order chi connectivity index (χ1) is 13.9. The number of thiocarbonyl (C=S) groups is 1. The predicted octanol–water partition coefficient (Wildman–Crippen LogP) is 2.44. The maximum absolute atomic E-state index is 12.0. The average Bonchev–Trinajstić information content (AvgIpc) is 2.71. The smallest absolute Gasteiger partial charge is 0.276 e. The van der Waals surface area contributed by atoms with E-state index in [9.17, 15) is 4.79 Å². The third-order valence-corrected chi connectivity index (χ3v) is 4.47. The van der Waals surface area contributed by atoms with Gasteiger partial charge in [0.2, 0.25) is 0 Å². The van der Waals surface area contributed by atoms with Gasteiger partial charge in [-0.25, -0.2) is 0 Å². The number of hydrogen-bond donors (Lipinski definition) is 3. The molecule has 7 nitrogen and oxygen atoms in total. The number of rotatable bonds is 8. The molecule has 3 N–H and O–H groups in total. The maximum atomic E-state index is 12.0. The van der Waals surface area contributed by atoms with Crippen LogP contribution in [0.1, 0.15) is 16.7 Å². The van der Waals surface area contributed by atoms with Crippen molar-refractivity contribution >= 4 is 23.2 Å². The van der Waals surface area contributed by atoms with Crippen molar-refractivity contribution in [2.75, 3.05) is 27.4 Å². The Hall–Kier alpha value is -3.00. The van der Waals surface area contributed by atoms with Crippen LogP contribution in [0.25, 0.3) is 0 Å². The van der Waals surface area contributed by atoms with Gasteiger partial charge < -0.3 is 19.5 Å². The van der Waals surface area contributed by atoms with Crippen LogP contribution < -0.4 is 30.4 Å². The lowest BCUT2D eigenvalue weighted by Crippen LogP contribution is -2.48. The van der Waals surface area contributed by atoms with Gasteiger partial charge in [0.05, 0.1) is 14.2 Å². The first-order valence-corrected chi connectivity index (χ1v) is 9.58. The van der Waals surface area contributed by atoms with E-state index in [1.165, 1.54) is 0 Å². The van der Waals surface area contributed by atoms with Crippen LogP contribution in [0.3, 0.4) is 0 Å². The largest absolute Gasteiger partial charge is 0.493 e. The molecule has 2 aromatic carbocycles. The summed E-state index contributed by atoms with van der Waals surface area (Å²) >= 11 is 5.17. The van der Waals surface area contributed by atoms with E-state index in [4.69, 9.17) is 26.4 Å². The van der Waals surface area contributed by atoms with Gasteiger partial charge in [-0.15, -0.1) is 0 Å². The zero-order valence-corrected chi connectivity index (χ0v) is 17.9. The van der Waals surface area contributed by atoms with Gasteiger partial charge in [0, 0.05) is 6.54 Å². The van der Waals surface area contributed by atoms with Crippen LogP contribution in [0.2, 0.25) is 0 Å². The van der Waals surface area contributed by atoms with Crippen molar-refractivity contribution in [2.45, 2.75) is 20.3 Å². The van der Waals surface area contributed by atoms with Crippen LogP contribution in [0.15, 0.2) is 36.4 Å². The minimum Gasteiger partial charge on any atom is -0.493 e. The van der Waals surface area contributed by atoms with Crippen LogP contribution in [0.4, 0.5) is 0 Å². The van der Waals surface area contributed by atoms with Gasteiger partial charge in [-0.3, -0.25) is 15.6 Å². The Morgan fingerprint density at radius 2 is 1.69 bits per heavy atom. The maximum Gasteiger partial charge on any atom is 0.276 e. The Bertz CT molecular complexity index is 838. The normalized spacial score (nSPS) is 10.1. The molecular formula is C21H27N3O4S. The van der Waals surface area contributed by atoms with Crippen molar-refractivity contribution in [1.82, 2.24) is 16.2 Å². The Morgan fingerprint density at radius 1 is 1.00 bits per heavy atom. The summed E-state index contributed by atoms with van der Waals surface area (Å²) in [6, 6.07) is 11.6. The van der Waals surface area contributed by atoms with Crippen molar-refractivity contribution in [2.24, 2.45) is 0 Å². The van der Waals surface area contributed by atoms with Crippen LogP contribution in [0, 0.1) is 13.8 Å². The highest BCUT2D eigenvalue weighted by atomic mass is 32.1. The second-order valence-corrected chi connectivity index (χ2v) is 6.79. The van der Waals surface area contributed by atoms with Crippen LogP contribution in [-0.4, -0.2) is 38.4 Å². The highest BCUT2D eigenvalue weighted by Crippen LogP contribution is 2.27. The van der Waals surface area contributed by atoms with Crippen molar-refractivity contribution in [3.63, 3.8) is 0 Å². The van der Waals surface area contributed by atoms with Gasteiger partial charge in [0.1, 0.15) is 5.75 Å². The number of hydrazine groups is 1. The fraction of sp³-hybridized carbons (Fsp3) is 0.333. The minimum atomic E-state index is -0.323. The third-order valence-electron chi connectivity index (χ3n) is 4.22. The van der Waals surface area contributed by atoms with Gasteiger partial charge in [0.25, 0.3) is 5.91 Å². The Morgan fingerprint density at radius 3 is 2.34 bits per heavy atom. The SMILES string of the molecule is COc1ccc(CCNC(=S)NNC(=O)COc2c(C)cccc2C)cc1OC. The number of ether oxygens (including phenoxy) is 3. The molecule has 156 valence electrons. The van der Waals surface area contributed by atoms with Crippen molar-refractivity contribution in [1.29, 1.82) is 0 Å². The molecule has 8 heteroatoms. The number of amides is 1. The Labute approximate surface area is 176 Å². The van der Waals surface area contributed by atoms with E-state index in [1.54, 1.807) is 14.2 Å². The summed E-state index contributed by atoms with van der Waals surface area (Å²) in [5.74, 6) is 1.77. The predicted molar refractivity (Wildman–Crippen MR) is 117 cm³/mol. The second kappa shape index (κ2) is 11.1. The zero-order valence-electron chi connectivity index (χ0n) is 17.1.